The first-order valence-electron chi connectivity index (χ1n) is 5.67. The Kier molecular flexibility index (Phi) is 6.39. The summed E-state index contributed by atoms with van der Waals surface area (Å²) in [5, 5.41) is 0.674. The smallest absolute Gasteiger partial charge is 0.411 e. The molecule has 0 bridgehead atoms. The standard InChI is InChI=1S/C12H14Cl2F3NO2/c1-19-11-5-8(13)7(4-9(11)14)10(18)2-3-20-6-12(15,16)17/h4-5,10H,2-3,6,18H2,1H3. The minimum absolute atomic E-state index is 0.124. The number of rotatable bonds is 6. The Bertz CT molecular complexity index is 455. The van der Waals surface area contributed by atoms with Crippen LogP contribution in [0.3, 0.4) is 0 Å². The van der Waals surface area contributed by atoms with Gasteiger partial charge < -0.3 is 15.2 Å². The predicted molar refractivity (Wildman–Crippen MR) is 71.4 cm³/mol. The van der Waals surface area contributed by atoms with E-state index in [0.29, 0.717) is 21.4 Å². The molecule has 1 unspecified atom stereocenters. The molecule has 1 aromatic rings. The molecule has 20 heavy (non-hydrogen) atoms. The highest BCUT2D eigenvalue weighted by Gasteiger charge is 2.27. The molecule has 0 aliphatic rings. The van der Waals surface area contributed by atoms with Crippen molar-refractivity contribution in [2.75, 3.05) is 20.3 Å². The minimum Gasteiger partial charge on any atom is -0.495 e. The van der Waals surface area contributed by atoms with E-state index < -0.39 is 18.8 Å². The molecule has 0 aliphatic heterocycles. The summed E-state index contributed by atoms with van der Waals surface area (Å²) in [5.74, 6) is 0.404. The third-order valence-electron chi connectivity index (χ3n) is 2.51. The van der Waals surface area contributed by atoms with Crippen LogP contribution in [0, 0.1) is 0 Å². The maximum absolute atomic E-state index is 11.9. The van der Waals surface area contributed by atoms with Crippen molar-refractivity contribution in [3.8, 4) is 5.75 Å². The van der Waals surface area contributed by atoms with Crippen LogP contribution < -0.4 is 10.5 Å². The van der Waals surface area contributed by atoms with Crippen LogP contribution in [0.5, 0.6) is 5.75 Å². The Morgan fingerprint density at radius 2 is 1.90 bits per heavy atom. The van der Waals surface area contributed by atoms with E-state index in [1.807, 2.05) is 0 Å². The molecule has 1 rings (SSSR count). The lowest BCUT2D eigenvalue weighted by Gasteiger charge is -2.16. The Hall–Kier alpha value is -0.690. The minimum atomic E-state index is -4.34. The van der Waals surface area contributed by atoms with Gasteiger partial charge in [-0.25, -0.2) is 0 Å². The van der Waals surface area contributed by atoms with Crippen molar-refractivity contribution in [3.63, 3.8) is 0 Å². The van der Waals surface area contributed by atoms with Crippen molar-refractivity contribution in [2.45, 2.75) is 18.6 Å². The highest BCUT2D eigenvalue weighted by atomic mass is 35.5. The predicted octanol–water partition coefficient (Wildman–Crippen LogP) is 3.97. The van der Waals surface area contributed by atoms with Crippen LogP contribution >= 0.6 is 23.2 Å². The molecule has 0 amide bonds. The zero-order valence-electron chi connectivity index (χ0n) is 10.6. The fourth-order valence-corrected chi connectivity index (χ4v) is 2.08. The van der Waals surface area contributed by atoms with Gasteiger partial charge in [0.15, 0.2) is 0 Å². The molecule has 0 saturated carbocycles. The largest absolute Gasteiger partial charge is 0.495 e. The molecular formula is C12H14Cl2F3NO2. The first kappa shape index (κ1) is 17.4. The van der Waals surface area contributed by atoms with Gasteiger partial charge in [-0.15, -0.1) is 0 Å². The van der Waals surface area contributed by atoms with E-state index in [1.165, 1.54) is 19.2 Å². The normalized spacial score (nSPS) is 13.3. The van der Waals surface area contributed by atoms with E-state index in [4.69, 9.17) is 33.7 Å². The topological polar surface area (TPSA) is 44.5 Å². The van der Waals surface area contributed by atoms with Crippen LogP contribution in [0.4, 0.5) is 13.2 Å². The summed E-state index contributed by atoms with van der Waals surface area (Å²) in [4.78, 5) is 0. The maximum Gasteiger partial charge on any atom is 0.411 e. The monoisotopic (exact) mass is 331 g/mol. The number of nitrogens with two attached hydrogens (primary N) is 1. The van der Waals surface area contributed by atoms with Gasteiger partial charge in [0.1, 0.15) is 12.4 Å². The summed E-state index contributed by atoms with van der Waals surface area (Å²) < 4.78 is 45.2. The van der Waals surface area contributed by atoms with E-state index in [0.717, 1.165) is 0 Å². The van der Waals surface area contributed by atoms with Crippen LogP contribution in [0.1, 0.15) is 18.0 Å². The Morgan fingerprint density at radius 3 is 2.45 bits per heavy atom. The Balaban J connectivity index is 2.59. The second-order valence-electron chi connectivity index (χ2n) is 4.07. The fraction of sp³-hybridized carbons (Fsp3) is 0.500. The van der Waals surface area contributed by atoms with E-state index in [-0.39, 0.29) is 13.0 Å². The van der Waals surface area contributed by atoms with Gasteiger partial charge in [0.05, 0.1) is 12.1 Å². The van der Waals surface area contributed by atoms with Crippen molar-refractivity contribution in [1.29, 1.82) is 0 Å². The van der Waals surface area contributed by atoms with Crippen molar-refractivity contribution < 1.29 is 22.6 Å². The summed E-state index contributed by atoms with van der Waals surface area (Å²) in [6.45, 7) is -1.42. The number of ether oxygens (including phenoxy) is 2. The summed E-state index contributed by atoms with van der Waals surface area (Å²) in [5.41, 5.74) is 6.40. The zero-order chi connectivity index (χ0) is 15.3. The van der Waals surface area contributed by atoms with Gasteiger partial charge in [-0.05, 0) is 18.1 Å². The second kappa shape index (κ2) is 7.36. The number of hydrogen-bond donors (Lipinski definition) is 1. The van der Waals surface area contributed by atoms with E-state index in [1.54, 1.807) is 0 Å². The molecule has 8 heteroatoms. The molecule has 114 valence electrons. The first-order chi connectivity index (χ1) is 9.24. The molecule has 0 saturated heterocycles. The van der Waals surface area contributed by atoms with Crippen molar-refractivity contribution in [1.82, 2.24) is 0 Å². The van der Waals surface area contributed by atoms with Crippen LogP contribution in [0.15, 0.2) is 12.1 Å². The zero-order valence-corrected chi connectivity index (χ0v) is 12.1. The third kappa shape index (κ3) is 5.36. The summed E-state index contributed by atoms with van der Waals surface area (Å²) in [7, 11) is 1.45. The molecular weight excluding hydrogens is 318 g/mol. The summed E-state index contributed by atoms with van der Waals surface area (Å²) in [6.07, 6.45) is -4.15. The van der Waals surface area contributed by atoms with Gasteiger partial charge in [0.25, 0.3) is 0 Å². The van der Waals surface area contributed by atoms with Gasteiger partial charge in [-0.1, -0.05) is 23.2 Å². The lowest BCUT2D eigenvalue weighted by Crippen LogP contribution is -2.20. The SMILES string of the molecule is COc1cc(Cl)c(C(N)CCOCC(F)(F)F)cc1Cl. The van der Waals surface area contributed by atoms with Crippen LogP contribution in [0.25, 0.3) is 0 Å². The molecule has 3 nitrogen and oxygen atoms in total. The van der Waals surface area contributed by atoms with Gasteiger partial charge in [0.2, 0.25) is 0 Å². The van der Waals surface area contributed by atoms with Crippen LogP contribution in [-0.2, 0) is 4.74 Å². The summed E-state index contributed by atoms with van der Waals surface area (Å²) in [6, 6.07) is 2.48. The van der Waals surface area contributed by atoms with Crippen molar-refractivity contribution in [2.24, 2.45) is 5.73 Å². The number of benzene rings is 1. The lowest BCUT2D eigenvalue weighted by atomic mass is 10.0. The highest BCUT2D eigenvalue weighted by molar-refractivity contribution is 6.34. The Morgan fingerprint density at radius 1 is 1.25 bits per heavy atom. The molecule has 0 aromatic heterocycles. The summed E-state index contributed by atoms with van der Waals surface area (Å²) >= 11 is 12.0. The van der Waals surface area contributed by atoms with Crippen LogP contribution in [0.2, 0.25) is 10.0 Å². The Labute approximate surface area is 124 Å². The average Bonchev–Trinajstić information content (AvgIpc) is 2.35. The second-order valence-corrected chi connectivity index (χ2v) is 4.89. The number of methoxy groups -OCH3 is 1. The van der Waals surface area contributed by atoms with Gasteiger partial charge in [-0.2, -0.15) is 13.2 Å². The average molecular weight is 332 g/mol. The first-order valence-corrected chi connectivity index (χ1v) is 6.43. The molecule has 0 fully saturated rings. The van der Waals surface area contributed by atoms with E-state index in [9.17, 15) is 13.2 Å². The quantitative estimate of drug-likeness (QED) is 0.802. The molecule has 1 atom stereocenters. The molecule has 2 N–H and O–H groups in total. The molecule has 1 aromatic carbocycles. The lowest BCUT2D eigenvalue weighted by molar-refractivity contribution is -0.174. The van der Waals surface area contributed by atoms with Gasteiger partial charge in [-0.3, -0.25) is 0 Å². The van der Waals surface area contributed by atoms with Gasteiger partial charge in [0, 0.05) is 23.7 Å². The number of hydrogen-bond acceptors (Lipinski definition) is 3. The van der Waals surface area contributed by atoms with Crippen LogP contribution in [-0.4, -0.2) is 26.5 Å². The molecule has 0 aliphatic carbocycles. The van der Waals surface area contributed by atoms with Gasteiger partial charge >= 0.3 is 6.18 Å². The van der Waals surface area contributed by atoms with E-state index in [2.05, 4.69) is 4.74 Å². The van der Waals surface area contributed by atoms with E-state index >= 15 is 0 Å². The highest BCUT2D eigenvalue weighted by Crippen LogP contribution is 2.34. The number of alkyl halides is 3. The number of halogens is 5. The van der Waals surface area contributed by atoms with Crippen molar-refractivity contribution in [3.05, 3.63) is 27.7 Å². The molecule has 0 heterocycles. The molecule has 0 spiro atoms. The van der Waals surface area contributed by atoms with Crippen molar-refractivity contribution >= 4 is 23.2 Å². The third-order valence-corrected chi connectivity index (χ3v) is 3.13. The fourth-order valence-electron chi connectivity index (χ4n) is 1.54. The molecule has 0 radical (unpaired) electrons. The maximum atomic E-state index is 11.9.